The van der Waals surface area contributed by atoms with Crippen LogP contribution in [0.3, 0.4) is 0 Å². The Bertz CT molecular complexity index is 916. The predicted octanol–water partition coefficient (Wildman–Crippen LogP) is 6.87. The lowest BCUT2D eigenvalue weighted by Crippen LogP contribution is -2.64. The molecular formula is C30H46O3. The largest absolute Gasteiger partial charge is 0.481 e. The molecule has 3 fully saturated rings. The van der Waals surface area contributed by atoms with Crippen molar-refractivity contribution in [3.63, 3.8) is 0 Å². The predicted molar refractivity (Wildman–Crippen MR) is 133 cm³/mol. The van der Waals surface area contributed by atoms with Crippen molar-refractivity contribution in [2.24, 2.45) is 56.7 Å². The number of carbonyl (C=O) groups is 1. The van der Waals surface area contributed by atoms with Crippen LogP contribution < -0.4 is 0 Å². The fourth-order valence-corrected chi connectivity index (χ4v) is 10.3. The van der Waals surface area contributed by atoms with Gasteiger partial charge in [-0.25, -0.2) is 0 Å². The molecule has 0 saturated heterocycles. The van der Waals surface area contributed by atoms with E-state index in [-0.39, 0.29) is 33.7 Å². The van der Waals surface area contributed by atoms with Crippen LogP contribution in [-0.4, -0.2) is 22.3 Å². The van der Waals surface area contributed by atoms with E-state index in [0.29, 0.717) is 23.7 Å². The van der Waals surface area contributed by atoms with Gasteiger partial charge < -0.3 is 10.2 Å². The van der Waals surface area contributed by atoms with Gasteiger partial charge in [-0.15, -0.1) is 0 Å². The zero-order valence-corrected chi connectivity index (χ0v) is 21.9. The van der Waals surface area contributed by atoms with E-state index in [1.807, 2.05) is 0 Å². The summed E-state index contributed by atoms with van der Waals surface area (Å²) in [5, 5.41) is 21.3. The van der Waals surface area contributed by atoms with Gasteiger partial charge in [0.25, 0.3) is 0 Å². The Morgan fingerprint density at radius 3 is 2.33 bits per heavy atom. The fraction of sp³-hybridized carbons (Fsp3) is 0.833. The first-order chi connectivity index (χ1) is 15.3. The highest BCUT2D eigenvalue weighted by Gasteiger charge is 2.69. The smallest absolute Gasteiger partial charge is 0.310 e. The molecule has 3 heteroatoms. The number of aliphatic hydroxyl groups excluding tert-OH is 1. The first-order valence-corrected chi connectivity index (χ1v) is 13.6. The second-order valence-corrected chi connectivity index (χ2v) is 14.1. The van der Waals surface area contributed by atoms with Crippen molar-refractivity contribution in [1.29, 1.82) is 0 Å². The topological polar surface area (TPSA) is 57.5 Å². The highest BCUT2D eigenvalue weighted by molar-refractivity contribution is 5.76. The van der Waals surface area contributed by atoms with E-state index < -0.39 is 11.4 Å². The highest BCUT2D eigenvalue weighted by atomic mass is 16.4. The molecule has 2 unspecified atom stereocenters. The third-order valence-corrected chi connectivity index (χ3v) is 12.9. The molecule has 184 valence electrons. The van der Waals surface area contributed by atoms with Gasteiger partial charge in [-0.1, -0.05) is 72.3 Å². The van der Waals surface area contributed by atoms with Crippen molar-refractivity contribution in [2.45, 2.75) is 99.5 Å². The summed E-state index contributed by atoms with van der Waals surface area (Å²) in [5.41, 5.74) is 1.07. The highest BCUT2D eigenvalue weighted by Crippen LogP contribution is 2.75. The van der Waals surface area contributed by atoms with E-state index in [1.54, 1.807) is 0 Å². The third kappa shape index (κ3) is 2.69. The Hall–Kier alpha value is -1.09. The van der Waals surface area contributed by atoms with Gasteiger partial charge in [0.05, 0.1) is 11.5 Å². The van der Waals surface area contributed by atoms with Crippen molar-refractivity contribution in [3.05, 3.63) is 23.8 Å². The molecule has 0 aromatic rings. The average molecular weight is 455 g/mol. The second kappa shape index (κ2) is 6.99. The number of aliphatic carboxylic acids is 1. The SMILES string of the molecule is C[C@@H]1CCC2(C(=O)O)CC[C@]3(C)C(=CC[C@@H]4[C@@]5(C)C=C[C@H](O)C(C)(C)[C@@H]5CC[C@]43C)C2[C@H]1C. The molecule has 2 N–H and O–H groups in total. The number of aliphatic hydroxyl groups is 1. The van der Waals surface area contributed by atoms with Gasteiger partial charge in [0.1, 0.15) is 0 Å². The molecule has 0 aromatic heterocycles. The minimum absolute atomic E-state index is 0.0485. The quantitative estimate of drug-likeness (QED) is 0.425. The number of carboxylic acid groups (broad SMARTS) is 1. The molecule has 0 radical (unpaired) electrons. The summed E-state index contributed by atoms with van der Waals surface area (Å²) < 4.78 is 0. The van der Waals surface area contributed by atoms with Crippen molar-refractivity contribution in [1.82, 2.24) is 0 Å². The molecule has 0 amide bonds. The van der Waals surface area contributed by atoms with Crippen LogP contribution in [0.5, 0.6) is 0 Å². The van der Waals surface area contributed by atoms with E-state index in [9.17, 15) is 15.0 Å². The summed E-state index contributed by atoms with van der Waals surface area (Å²) in [6.07, 6.45) is 13.6. The van der Waals surface area contributed by atoms with Crippen LogP contribution >= 0.6 is 0 Å². The second-order valence-electron chi connectivity index (χ2n) is 14.1. The normalized spacial score (nSPS) is 54.8. The monoisotopic (exact) mass is 454 g/mol. The zero-order valence-electron chi connectivity index (χ0n) is 21.9. The van der Waals surface area contributed by atoms with Crippen LogP contribution in [0.2, 0.25) is 0 Å². The lowest BCUT2D eigenvalue weighted by atomic mass is 9.34. The minimum atomic E-state index is -0.571. The molecule has 5 aliphatic rings. The van der Waals surface area contributed by atoms with Gasteiger partial charge >= 0.3 is 5.97 Å². The Morgan fingerprint density at radius 2 is 1.67 bits per heavy atom. The van der Waals surface area contributed by atoms with Crippen LogP contribution in [0.1, 0.15) is 93.4 Å². The van der Waals surface area contributed by atoms with Crippen LogP contribution in [0.25, 0.3) is 0 Å². The summed E-state index contributed by atoms with van der Waals surface area (Å²) in [7, 11) is 0. The molecule has 5 rings (SSSR count). The summed E-state index contributed by atoms with van der Waals surface area (Å²) >= 11 is 0. The number of fused-ring (bicyclic) bond motifs is 7. The fourth-order valence-electron chi connectivity index (χ4n) is 10.3. The summed E-state index contributed by atoms with van der Waals surface area (Å²) in [4.78, 5) is 12.8. The van der Waals surface area contributed by atoms with Gasteiger partial charge in [-0.05, 0) is 96.2 Å². The molecule has 0 aliphatic heterocycles. The molecule has 33 heavy (non-hydrogen) atoms. The van der Waals surface area contributed by atoms with Crippen LogP contribution in [0, 0.1) is 56.7 Å². The van der Waals surface area contributed by atoms with Gasteiger partial charge in [-0.3, -0.25) is 4.79 Å². The van der Waals surface area contributed by atoms with E-state index >= 15 is 0 Å². The summed E-state index contributed by atoms with van der Waals surface area (Å²) in [5.74, 6) is 1.60. The molecule has 3 saturated carbocycles. The molecular weight excluding hydrogens is 408 g/mol. The van der Waals surface area contributed by atoms with Crippen molar-refractivity contribution < 1.29 is 15.0 Å². The summed E-state index contributed by atoms with van der Waals surface area (Å²) in [6.45, 7) is 16.7. The van der Waals surface area contributed by atoms with Crippen LogP contribution in [0.15, 0.2) is 23.8 Å². The number of hydrogen-bond acceptors (Lipinski definition) is 2. The van der Waals surface area contributed by atoms with Gasteiger partial charge in [0.15, 0.2) is 0 Å². The molecule has 3 nitrogen and oxygen atoms in total. The lowest BCUT2D eigenvalue weighted by Gasteiger charge is -2.70. The molecule has 0 bridgehead atoms. The molecule has 0 spiro atoms. The Morgan fingerprint density at radius 1 is 0.970 bits per heavy atom. The first kappa shape index (κ1) is 23.6. The molecule has 5 aliphatic carbocycles. The lowest BCUT2D eigenvalue weighted by molar-refractivity contribution is -0.179. The maximum absolute atomic E-state index is 12.8. The number of hydrogen-bond donors (Lipinski definition) is 2. The maximum Gasteiger partial charge on any atom is 0.310 e. The Labute approximate surface area is 201 Å². The molecule has 0 aromatic carbocycles. The maximum atomic E-state index is 12.8. The standard InChI is InChI=1S/C30H46O3/c1-18-10-15-30(25(32)33)17-16-28(6)20(24(30)19(18)2)8-9-22-27(5)13-12-23(31)26(3,4)21(27)11-14-29(22,28)7/h8,12-13,18-19,21-24,31H,9-11,14-17H2,1-7H3,(H,32,33)/t18-,19+,21+,22-,23+,24?,27+,28-,29-,30?/m1/s1. The van der Waals surface area contributed by atoms with Gasteiger partial charge in [0, 0.05) is 0 Å². The van der Waals surface area contributed by atoms with E-state index in [0.717, 1.165) is 38.5 Å². The Kier molecular flexibility index (Phi) is 5.01. The van der Waals surface area contributed by atoms with Crippen molar-refractivity contribution >= 4 is 5.97 Å². The minimum Gasteiger partial charge on any atom is -0.481 e. The summed E-state index contributed by atoms with van der Waals surface area (Å²) in [6, 6.07) is 0. The van der Waals surface area contributed by atoms with Crippen molar-refractivity contribution in [2.75, 3.05) is 0 Å². The Balaban J connectivity index is 1.64. The van der Waals surface area contributed by atoms with Gasteiger partial charge in [-0.2, -0.15) is 0 Å². The average Bonchev–Trinajstić information content (AvgIpc) is 2.74. The van der Waals surface area contributed by atoms with Crippen LogP contribution in [-0.2, 0) is 4.79 Å². The van der Waals surface area contributed by atoms with Crippen molar-refractivity contribution in [3.8, 4) is 0 Å². The number of rotatable bonds is 1. The third-order valence-electron chi connectivity index (χ3n) is 12.9. The van der Waals surface area contributed by atoms with Crippen LogP contribution in [0.4, 0.5) is 0 Å². The van der Waals surface area contributed by atoms with Gasteiger partial charge in [0.2, 0.25) is 0 Å². The number of carboxylic acids is 1. The van der Waals surface area contributed by atoms with E-state index in [4.69, 9.17) is 0 Å². The molecule has 10 atom stereocenters. The first-order valence-electron chi connectivity index (χ1n) is 13.6. The van der Waals surface area contributed by atoms with E-state index in [2.05, 4.69) is 66.7 Å². The number of allylic oxidation sites excluding steroid dienone is 3. The zero-order chi connectivity index (χ0) is 24.2. The van der Waals surface area contributed by atoms with E-state index in [1.165, 1.54) is 12.0 Å². The molecule has 0 heterocycles.